The molecule has 0 saturated carbocycles. The summed E-state index contributed by atoms with van der Waals surface area (Å²) in [6, 6.07) is 18.5. The molecule has 6 nitrogen and oxygen atoms in total. The number of aromatic nitrogens is 1. The molecule has 7 heteroatoms. The zero-order chi connectivity index (χ0) is 19.2. The molecule has 2 amide bonds. The van der Waals surface area contributed by atoms with Gasteiger partial charge in [-0.2, -0.15) is 0 Å². The molecule has 3 rings (SSSR count). The molecule has 0 aliphatic carbocycles. The summed E-state index contributed by atoms with van der Waals surface area (Å²) in [6.07, 6.45) is 1.94. The van der Waals surface area contributed by atoms with E-state index >= 15 is 0 Å². The number of amides is 2. The highest BCUT2D eigenvalue weighted by Gasteiger charge is 2.20. The van der Waals surface area contributed by atoms with Crippen LogP contribution in [-0.2, 0) is 4.79 Å². The van der Waals surface area contributed by atoms with Gasteiger partial charge in [0.25, 0.3) is 5.91 Å². The third kappa shape index (κ3) is 4.57. The maximum Gasteiger partial charge on any atom is 0.276 e. The van der Waals surface area contributed by atoms with Crippen LogP contribution in [0.3, 0.4) is 0 Å². The molecule has 0 atom stereocenters. The molecular weight excluding hydrogens is 362 g/mol. The first-order valence-corrected chi connectivity index (χ1v) is 9.51. The Bertz CT molecular complexity index is 940. The molecule has 138 valence electrons. The average Bonchev–Trinajstić information content (AvgIpc) is 3.18. The van der Waals surface area contributed by atoms with Crippen LogP contribution in [-0.4, -0.2) is 41.7 Å². The van der Waals surface area contributed by atoms with Gasteiger partial charge in [0.2, 0.25) is 5.91 Å². The lowest BCUT2D eigenvalue weighted by Gasteiger charge is -2.16. The number of thioether (sulfide) groups is 1. The van der Waals surface area contributed by atoms with Crippen molar-refractivity contribution in [1.82, 2.24) is 10.1 Å². The summed E-state index contributed by atoms with van der Waals surface area (Å²) < 4.78 is 5.25. The summed E-state index contributed by atoms with van der Waals surface area (Å²) in [6.45, 7) is -0.0882. The van der Waals surface area contributed by atoms with Crippen LogP contribution in [0, 0.1) is 0 Å². The minimum atomic E-state index is -0.380. The first-order chi connectivity index (χ1) is 13.1. The molecule has 27 heavy (non-hydrogen) atoms. The van der Waals surface area contributed by atoms with Gasteiger partial charge in [0.15, 0.2) is 11.5 Å². The van der Waals surface area contributed by atoms with Crippen LogP contribution in [0.25, 0.3) is 11.3 Å². The maximum atomic E-state index is 12.5. The number of carbonyl (C=O) groups is 2. The van der Waals surface area contributed by atoms with E-state index in [9.17, 15) is 9.59 Å². The fourth-order valence-electron chi connectivity index (χ4n) is 2.53. The zero-order valence-electron chi connectivity index (χ0n) is 15.0. The van der Waals surface area contributed by atoms with Crippen molar-refractivity contribution in [3.63, 3.8) is 0 Å². The molecule has 0 aliphatic heterocycles. The average molecular weight is 381 g/mol. The number of nitrogens with zero attached hydrogens (tertiary/aromatic N) is 2. The molecule has 2 aromatic carbocycles. The lowest BCUT2D eigenvalue weighted by molar-refractivity contribution is -0.116. The molecule has 0 saturated heterocycles. The van der Waals surface area contributed by atoms with Crippen molar-refractivity contribution in [3.05, 3.63) is 66.4 Å². The molecule has 1 aromatic heterocycles. The Morgan fingerprint density at radius 1 is 1.11 bits per heavy atom. The number of carbonyl (C=O) groups excluding carboxylic acids is 2. The Labute approximate surface area is 161 Å². The highest BCUT2D eigenvalue weighted by molar-refractivity contribution is 7.98. The number of hydrogen-bond donors (Lipinski definition) is 1. The van der Waals surface area contributed by atoms with Crippen molar-refractivity contribution in [2.75, 3.05) is 25.2 Å². The van der Waals surface area contributed by atoms with Crippen molar-refractivity contribution in [2.45, 2.75) is 4.90 Å². The van der Waals surface area contributed by atoms with E-state index in [1.807, 2.05) is 60.9 Å². The fourth-order valence-corrected chi connectivity index (χ4v) is 3.09. The predicted octanol–water partition coefficient (Wildman–Crippen LogP) is 3.77. The first-order valence-electron chi connectivity index (χ1n) is 8.29. The summed E-state index contributed by atoms with van der Waals surface area (Å²) in [4.78, 5) is 27.1. The van der Waals surface area contributed by atoms with Gasteiger partial charge in [-0.15, -0.1) is 11.8 Å². The van der Waals surface area contributed by atoms with Crippen molar-refractivity contribution in [1.29, 1.82) is 0 Å². The Hall–Kier alpha value is -3.06. The van der Waals surface area contributed by atoms with Crippen LogP contribution >= 0.6 is 11.8 Å². The van der Waals surface area contributed by atoms with E-state index in [1.54, 1.807) is 24.9 Å². The maximum absolute atomic E-state index is 12.5. The van der Waals surface area contributed by atoms with Crippen LogP contribution in [0.2, 0.25) is 0 Å². The van der Waals surface area contributed by atoms with E-state index in [1.165, 1.54) is 4.90 Å². The Kier molecular flexibility index (Phi) is 5.93. The van der Waals surface area contributed by atoms with Gasteiger partial charge >= 0.3 is 0 Å². The standard InChI is InChI=1S/C20H19N3O3S/c1-23(13-19(24)21-15-10-6-7-11-18(15)27-2)20(25)16-12-17(26-22-16)14-8-4-3-5-9-14/h3-12H,13H2,1-2H3,(H,21,24). The lowest BCUT2D eigenvalue weighted by atomic mass is 10.1. The highest BCUT2D eigenvalue weighted by atomic mass is 32.2. The third-order valence-electron chi connectivity index (χ3n) is 3.90. The molecule has 0 aliphatic rings. The smallest absolute Gasteiger partial charge is 0.276 e. The quantitative estimate of drug-likeness (QED) is 0.658. The van der Waals surface area contributed by atoms with Gasteiger partial charge in [-0.1, -0.05) is 47.6 Å². The van der Waals surface area contributed by atoms with E-state index in [-0.39, 0.29) is 24.1 Å². The van der Waals surface area contributed by atoms with E-state index in [0.29, 0.717) is 5.76 Å². The van der Waals surface area contributed by atoms with E-state index in [2.05, 4.69) is 10.5 Å². The van der Waals surface area contributed by atoms with Crippen molar-refractivity contribution < 1.29 is 14.1 Å². The molecule has 3 aromatic rings. The third-order valence-corrected chi connectivity index (χ3v) is 4.69. The molecule has 0 spiro atoms. The second kappa shape index (κ2) is 8.55. The molecule has 1 N–H and O–H groups in total. The van der Waals surface area contributed by atoms with Crippen molar-refractivity contribution >= 4 is 29.3 Å². The van der Waals surface area contributed by atoms with Gasteiger partial charge in [0.05, 0.1) is 12.2 Å². The van der Waals surface area contributed by atoms with Crippen LogP contribution in [0.5, 0.6) is 0 Å². The lowest BCUT2D eigenvalue weighted by Crippen LogP contribution is -2.35. The molecule has 0 radical (unpaired) electrons. The number of anilines is 1. The summed E-state index contributed by atoms with van der Waals surface area (Å²) in [5.74, 6) is -0.154. The fraction of sp³-hybridized carbons (Fsp3) is 0.150. The van der Waals surface area contributed by atoms with Crippen molar-refractivity contribution in [2.24, 2.45) is 0 Å². The Balaban J connectivity index is 1.64. The predicted molar refractivity (Wildman–Crippen MR) is 106 cm³/mol. The first kappa shape index (κ1) is 18.7. The summed E-state index contributed by atoms with van der Waals surface area (Å²) in [5, 5.41) is 6.66. The van der Waals surface area contributed by atoms with Gasteiger partial charge in [0.1, 0.15) is 0 Å². The van der Waals surface area contributed by atoms with Crippen LogP contribution in [0.1, 0.15) is 10.5 Å². The number of benzene rings is 2. The van der Waals surface area contributed by atoms with Crippen LogP contribution in [0.4, 0.5) is 5.69 Å². The number of para-hydroxylation sites is 1. The number of hydrogen-bond acceptors (Lipinski definition) is 5. The summed E-state index contributed by atoms with van der Waals surface area (Å²) in [7, 11) is 1.55. The number of rotatable bonds is 6. The molecule has 0 fully saturated rings. The van der Waals surface area contributed by atoms with Gasteiger partial charge in [-0.3, -0.25) is 9.59 Å². The molecule has 0 bridgehead atoms. The Morgan fingerprint density at radius 2 is 1.81 bits per heavy atom. The molecule has 0 unspecified atom stereocenters. The summed E-state index contributed by atoms with van der Waals surface area (Å²) >= 11 is 1.54. The van der Waals surface area contributed by atoms with Gasteiger partial charge in [-0.05, 0) is 18.4 Å². The van der Waals surface area contributed by atoms with E-state index in [4.69, 9.17) is 4.52 Å². The normalized spacial score (nSPS) is 10.4. The SMILES string of the molecule is CSc1ccccc1NC(=O)CN(C)C(=O)c1cc(-c2ccccc2)on1. The second-order valence-electron chi connectivity index (χ2n) is 5.85. The monoisotopic (exact) mass is 381 g/mol. The largest absolute Gasteiger partial charge is 0.355 e. The number of nitrogens with one attached hydrogen (secondary N) is 1. The summed E-state index contributed by atoms with van der Waals surface area (Å²) in [5.41, 5.74) is 1.72. The van der Waals surface area contributed by atoms with Crippen LogP contribution in [0.15, 0.2) is 70.1 Å². The number of likely N-dealkylation sites (N-methyl/N-ethyl adjacent to an activating group) is 1. The molecule has 1 heterocycles. The van der Waals surface area contributed by atoms with Crippen LogP contribution < -0.4 is 5.32 Å². The zero-order valence-corrected chi connectivity index (χ0v) is 15.8. The Morgan fingerprint density at radius 3 is 2.56 bits per heavy atom. The van der Waals surface area contributed by atoms with E-state index < -0.39 is 0 Å². The van der Waals surface area contributed by atoms with Gasteiger partial charge < -0.3 is 14.7 Å². The van der Waals surface area contributed by atoms with E-state index in [0.717, 1.165) is 16.1 Å². The van der Waals surface area contributed by atoms with Crippen molar-refractivity contribution in [3.8, 4) is 11.3 Å². The highest BCUT2D eigenvalue weighted by Crippen LogP contribution is 2.24. The molecular formula is C20H19N3O3S. The minimum Gasteiger partial charge on any atom is -0.355 e. The minimum absolute atomic E-state index is 0.0882. The van der Waals surface area contributed by atoms with Gasteiger partial charge in [-0.25, -0.2) is 0 Å². The second-order valence-corrected chi connectivity index (χ2v) is 6.70. The van der Waals surface area contributed by atoms with Gasteiger partial charge in [0, 0.05) is 23.6 Å². The topological polar surface area (TPSA) is 75.4 Å².